The summed E-state index contributed by atoms with van der Waals surface area (Å²) >= 11 is 0. The van der Waals surface area contributed by atoms with Crippen molar-refractivity contribution < 1.29 is 0 Å². The first-order valence-corrected chi connectivity index (χ1v) is 8.01. The summed E-state index contributed by atoms with van der Waals surface area (Å²) in [6.45, 7) is 11.2. The van der Waals surface area contributed by atoms with Crippen molar-refractivity contribution in [3.8, 4) is 0 Å². The average Bonchev–Trinajstić information content (AvgIpc) is 3.06. The minimum Gasteiger partial charge on any atom is -0.312 e. The van der Waals surface area contributed by atoms with Gasteiger partial charge in [0, 0.05) is 19.6 Å². The fourth-order valence-electron chi connectivity index (χ4n) is 2.70. The topological polar surface area (TPSA) is 15.3 Å². The summed E-state index contributed by atoms with van der Waals surface area (Å²) in [7, 11) is 2.24. The maximum atomic E-state index is 3.49. The molecular weight excluding hydrogens is 244 g/mol. The molecule has 1 fully saturated rings. The third-order valence-electron chi connectivity index (χ3n) is 4.18. The Morgan fingerprint density at radius 1 is 1.20 bits per heavy atom. The van der Waals surface area contributed by atoms with Crippen LogP contribution >= 0.6 is 0 Å². The molecule has 0 bridgehead atoms. The van der Waals surface area contributed by atoms with E-state index in [-0.39, 0.29) is 0 Å². The quantitative estimate of drug-likeness (QED) is 0.780. The van der Waals surface area contributed by atoms with Gasteiger partial charge in [0.2, 0.25) is 0 Å². The number of nitrogens with zero attached hydrogens (tertiary/aromatic N) is 1. The van der Waals surface area contributed by atoms with Crippen molar-refractivity contribution >= 4 is 0 Å². The van der Waals surface area contributed by atoms with Crippen LogP contribution in [0.1, 0.15) is 38.3 Å². The normalized spacial score (nSPS) is 21.7. The number of hydrogen-bond acceptors (Lipinski definition) is 2. The van der Waals surface area contributed by atoms with Gasteiger partial charge in [-0.1, -0.05) is 45.0 Å². The molecule has 1 N–H and O–H groups in total. The molecule has 0 spiro atoms. The molecule has 0 radical (unpaired) electrons. The Morgan fingerprint density at radius 2 is 1.80 bits per heavy atom. The van der Waals surface area contributed by atoms with E-state index in [2.05, 4.69) is 62.3 Å². The maximum Gasteiger partial charge on any atom is 0.0230 e. The molecule has 1 saturated carbocycles. The summed E-state index contributed by atoms with van der Waals surface area (Å²) in [5.74, 6) is 2.61. The van der Waals surface area contributed by atoms with Crippen LogP contribution in [0.25, 0.3) is 0 Å². The van der Waals surface area contributed by atoms with Crippen LogP contribution in [0, 0.1) is 17.8 Å². The zero-order valence-corrected chi connectivity index (χ0v) is 13.5. The summed E-state index contributed by atoms with van der Waals surface area (Å²) in [6, 6.07) is 9.07. The summed E-state index contributed by atoms with van der Waals surface area (Å²) < 4.78 is 0. The Hall–Kier alpha value is -0.860. The molecule has 1 aromatic carbocycles. The van der Waals surface area contributed by atoms with Gasteiger partial charge in [0.05, 0.1) is 0 Å². The predicted octanol–water partition coefficient (Wildman–Crippen LogP) is 3.52. The van der Waals surface area contributed by atoms with Gasteiger partial charge in [-0.2, -0.15) is 0 Å². The molecule has 2 unspecified atom stereocenters. The predicted molar refractivity (Wildman–Crippen MR) is 86.6 cm³/mol. The molecule has 0 aliphatic heterocycles. The first kappa shape index (κ1) is 15.5. The van der Waals surface area contributed by atoms with Crippen LogP contribution in [0.4, 0.5) is 0 Å². The van der Waals surface area contributed by atoms with E-state index in [1.807, 2.05) is 0 Å². The number of benzene rings is 1. The van der Waals surface area contributed by atoms with Crippen LogP contribution in [0.2, 0.25) is 0 Å². The Balaban J connectivity index is 1.73. The highest BCUT2D eigenvalue weighted by atomic mass is 15.1. The van der Waals surface area contributed by atoms with E-state index in [1.54, 1.807) is 0 Å². The molecule has 0 amide bonds. The molecule has 2 nitrogen and oxygen atoms in total. The van der Waals surface area contributed by atoms with Crippen molar-refractivity contribution in [1.29, 1.82) is 0 Å². The van der Waals surface area contributed by atoms with E-state index >= 15 is 0 Å². The SMILES string of the molecule is CC(C)CNCc1ccc(CN(C)CC2CC2C)cc1. The average molecular weight is 274 g/mol. The second kappa shape index (κ2) is 7.24. The van der Waals surface area contributed by atoms with Gasteiger partial charge >= 0.3 is 0 Å². The summed E-state index contributed by atoms with van der Waals surface area (Å²) in [5, 5.41) is 3.49. The van der Waals surface area contributed by atoms with Crippen molar-refractivity contribution in [2.75, 3.05) is 20.1 Å². The fourth-order valence-corrected chi connectivity index (χ4v) is 2.70. The minimum absolute atomic E-state index is 0.715. The molecule has 1 aromatic rings. The van der Waals surface area contributed by atoms with Crippen molar-refractivity contribution in [1.82, 2.24) is 10.2 Å². The number of rotatable bonds is 8. The third kappa shape index (κ3) is 5.26. The molecule has 2 rings (SSSR count). The van der Waals surface area contributed by atoms with Crippen LogP contribution in [0.5, 0.6) is 0 Å². The molecule has 0 heterocycles. The first-order chi connectivity index (χ1) is 9.54. The lowest BCUT2D eigenvalue weighted by Crippen LogP contribution is -2.21. The van der Waals surface area contributed by atoms with Crippen LogP contribution < -0.4 is 5.32 Å². The lowest BCUT2D eigenvalue weighted by molar-refractivity contribution is 0.307. The Labute approximate surface area is 124 Å². The number of nitrogens with one attached hydrogen (secondary N) is 1. The monoisotopic (exact) mass is 274 g/mol. The van der Waals surface area contributed by atoms with Gasteiger partial charge in [-0.05, 0) is 48.9 Å². The maximum absolute atomic E-state index is 3.49. The van der Waals surface area contributed by atoms with Crippen LogP contribution in [-0.4, -0.2) is 25.0 Å². The molecule has 2 atom stereocenters. The largest absolute Gasteiger partial charge is 0.312 e. The van der Waals surface area contributed by atoms with Crippen molar-refractivity contribution in [2.45, 2.75) is 40.3 Å². The lowest BCUT2D eigenvalue weighted by atomic mass is 10.1. The van der Waals surface area contributed by atoms with E-state index in [0.717, 1.165) is 31.5 Å². The third-order valence-corrected chi connectivity index (χ3v) is 4.18. The second-order valence-electron chi connectivity index (χ2n) is 7.01. The van der Waals surface area contributed by atoms with Crippen LogP contribution in [0.3, 0.4) is 0 Å². The van der Waals surface area contributed by atoms with E-state index < -0.39 is 0 Å². The molecule has 1 aliphatic rings. The molecule has 1 aliphatic carbocycles. The molecule has 2 heteroatoms. The van der Waals surface area contributed by atoms with E-state index in [9.17, 15) is 0 Å². The van der Waals surface area contributed by atoms with E-state index in [1.165, 1.54) is 24.1 Å². The summed E-state index contributed by atoms with van der Waals surface area (Å²) in [6.07, 6.45) is 1.42. The van der Waals surface area contributed by atoms with Crippen molar-refractivity contribution in [3.63, 3.8) is 0 Å². The Kier molecular flexibility index (Phi) is 5.62. The van der Waals surface area contributed by atoms with Gasteiger partial charge in [0.1, 0.15) is 0 Å². The Bertz CT molecular complexity index is 396. The van der Waals surface area contributed by atoms with Gasteiger partial charge in [-0.3, -0.25) is 0 Å². The zero-order valence-electron chi connectivity index (χ0n) is 13.5. The fraction of sp³-hybridized carbons (Fsp3) is 0.667. The smallest absolute Gasteiger partial charge is 0.0230 e. The molecule has 112 valence electrons. The molecule has 0 saturated heterocycles. The van der Waals surface area contributed by atoms with Crippen molar-refractivity contribution in [3.05, 3.63) is 35.4 Å². The van der Waals surface area contributed by atoms with E-state index in [4.69, 9.17) is 0 Å². The van der Waals surface area contributed by atoms with E-state index in [0.29, 0.717) is 5.92 Å². The highest BCUT2D eigenvalue weighted by Crippen LogP contribution is 2.38. The molecular formula is C18H30N2. The lowest BCUT2D eigenvalue weighted by Gasteiger charge is -2.17. The highest BCUT2D eigenvalue weighted by Gasteiger charge is 2.32. The number of hydrogen-bond donors (Lipinski definition) is 1. The van der Waals surface area contributed by atoms with Crippen LogP contribution in [0.15, 0.2) is 24.3 Å². The first-order valence-electron chi connectivity index (χ1n) is 8.01. The second-order valence-corrected chi connectivity index (χ2v) is 7.01. The highest BCUT2D eigenvalue weighted by molar-refractivity contribution is 5.22. The van der Waals surface area contributed by atoms with Gasteiger partial charge in [0.25, 0.3) is 0 Å². The summed E-state index contributed by atoms with van der Waals surface area (Å²) in [4.78, 5) is 2.46. The van der Waals surface area contributed by atoms with Crippen LogP contribution in [-0.2, 0) is 13.1 Å². The zero-order chi connectivity index (χ0) is 14.5. The Morgan fingerprint density at radius 3 is 2.35 bits per heavy atom. The standard InChI is InChI=1S/C18H30N2/c1-14(2)10-19-11-16-5-7-17(8-6-16)12-20(4)13-18-9-15(18)3/h5-8,14-15,18-19H,9-13H2,1-4H3. The molecule has 0 aromatic heterocycles. The van der Waals surface area contributed by atoms with Gasteiger partial charge < -0.3 is 10.2 Å². The minimum atomic E-state index is 0.715. The van der Waals surface area contributed by atoms with Gasteiger partial charge in [-0.15, -0.1) is 0 Å². The van der Waals surface area contributed by atoms with Gasteiger partial charge in [0.15, 0.2) is 0 Å². The summed E-state index contributed by atoms with van der Waals surface area (Å²) in [5.41, 5.74) is 2.81. The van der Waals surface area contributed by atoms with Gasteiger partial charge in [-0.25, -0.2) is 0 Å². The van der Waals surface area contributed by atoms with Crippen molar-refractivity contribution in [2.24, 2.45) is 17.8 Å². The molecule has 20 heavy (non-hydrogen) atoms.